The van der Waals surface area contributed by atoms with Crippen LogP contribution in [0.3, 0.4) is 0 Å². The molecular weight excluding hydrogens is 272 g/mol. The van der Waals surface area contributed by atoms with E-state index in [1.54, 1.807) is 0 Å². The Morgan fingerprint density at radius 2 is 1.86 bits per heavy atom. The number of ether oxygens (including phenoxy) is 1. The molecule has 2 heteroatoms. The first kappa shape index (κ1) is 13.7. The molecule has 0 spiro atoms. The first-order chi connectivity index (χ1) is 10.6. The molecule has 0 radical (unpaired) electrons. The van der Waals surface area contributed by atoms with Gasteiger partial charge in [0.25, 0.3) is 0 Å². The lowest BCUT2D eigenvalue weighted by Crippen LogP contribution is -2.28. The predicted octanol–water partition coefficient (Wildman–Crippen LogP) is 5.55. The summed E-state index contributed by atoms with van der Waals surface area (Å²) in [5.74, 6) is 2.19. The molecule has 2 aromatic rings. The topological polar surface area (TPSA) is 22.4 Å². The molecule has 1 aliphatic carbocycles. The van der Waals surface area contributed by atoms with Crippen LogP contribution in [0, 0.1) is 5.92 Å². The van der Waals surface area contributed by atoms with E-state index in [1.807, 2.05) is 6.26 Å². The number of benzene rings is 1. The normalized spacial score (nSPS) is 22.9. The van der Waals surface area contributed by atoms with Crippen LogP contribution in [-0.4, -0.2) is 6.10 Å². The molecule has 2 unspecified atom stereocenters. The molecule has 2 heterocycles. The van der Waals surface area contributed by atoms with E-state index in [1.165, 1.54) is 22.1 Å². The minimum absolute atomic E-state index is 0.0839. The zero-order valence-corrected chi connectivity index (χ0v) is 13.6. The van der Waals surface area contributed by atoms with Gasteiger partial charge in [-0.05, 0) is 35.1 Å². The van der Waals surface area contributed by atoms with Crippen molar-refractivity contribution in [2.24, 2.45) is 5.92 Å². The van der Waals surface area contributed by atoms with Gasteiger partial charge in [-0.1, -0.05) is 45.9 Å². The summed E-state index contributed by atoms with van der Waals surface area (Å²) in [5.41, 5.74) is 4.86. The molecule has 2 aliphatic rings. The quantitative estimate of drug-likeness (QED) is 0.724. The zero-order valence-electron chi connectivity index (χ0n) is 13.6. The lowest BCUT2D eigenvalue weighted by atomic mass is 9.83. The molecule has 0 N–H and O–H groups in total. The molecule has 2 nitrogen and oxygen atoms in total. The van der Waals surface area contributed by atoms with E-state index in [-0.39, 0.29) is 12.0 Å². The first-order valence-corrected chi connectivity index (χ1v) is 8.17. The summed E-state index contributed by atoms with van der Waals surface area (Å²) in [4.78, 5) is 0. The van der Waals surface area contributed by atoms with Gasteiger partial charge in [-0.25, -0.2) is 0 Å². The van der Waals surface area contributed by atoms with Gasteiger partial charge in [0.2, 0.25) is 0 Å². The van der Waals surface area contributed by atoms with Gasteiger partial charge in [0.15, 0.2) is 0 Å². The summed E-state index contributed by atoms with van der Waals surface area (Å²) in [5, 5.41) is 1.17. The molecule has 0 bridgehead atoms. The number of fused-ring (bicyclic) bond motifs is 2. The van der Waals surface area contributed by atoms with Gasteiger partial charge in [0, 0.05) is 11.5 Å². The van der Waals surface area contributed by atoms with Crippen LogP contribution in [0.2, 0.25) is 0 Å². The van der Waals surface area contributed by atoms with Crippen LogP contribution in [0.5, 0.6) is 5.75 Å². The van der Waals surface area contributed by atoms with Crippen molar-refractivity contribution in [1.29, 1.82) is 0 Å². The molecule has 114 valence electrons. The van der Waals surface area contributed by atoms with Gasteiger partial charge in [-0.15, -0.1) is 0 Å². The van der Waals surface area contributed by atoms with Crippen LogP contribution in [0.25, 0.3) is 11.0 Å². The molecule has 0 saturated heterocycles. The number of rotatable bonds is 2. The van der Waals surface area contributed by atoms with Crippen molar-refractivity contribution >= 4 is 11.0 Å². The van der Waals surface area contributed by atoms with E-state index in [4.69, 9.17) is 9.15 Å². The van der Waals surface area contributed by atoms with E-state index in [2.05, 4.69) is 58.1 Å². The standard InChI is InChI=1S/C20H22O2/c1-11(2)13-5-6-15-16-10-21-20-14(12(3)4)7-8-17(19(16)20)22-18(15)9-13/h5-12,15,18H,1-4H3. The molecule has 4 rings (SSSR count). The Morgan fingerprint density at radius 3 is 2.59 bits per heavy atom. The predicted molar refractivity (Wildman–Crippen MR) is 89.5 cm³/mol. The van der Waals surface area contributed by atoms with E-state index in [9.17, 15) is 0 Å². The molecule has 22 heavy (non-hydrogen) atoms. The molecule has 1 aliphatic heterocycles. The third-order valence-electron chi connectivity index (χ3n) is 4.86. The van der Waals surface area contributed by atoms with Crippen LogP contribution in [0.1, 0.15) is 50.7 Å². The van der Waals surface area contributed by atoms with Gasteiger partial charge in [0.1, 0.15) is 17.4 Å². The van der Waals surface area contributed by atoms with Crippen molar-refractivity contribution in [2.45, 2.75) is 45.6 Å². The highest BCUT2D eigenvalue weighted by Gasteiger charge is 2.34. The highest BCUT2D eigenvalue weighted by molar-refractivity contribution is 5.92. The molecule has 2 atom stereocenters. The second-order valence-electron chi connectivity index (χ2n) is 6.99. The van der Waals surface area contributed by atoms with E-state index in [0.29, 0.717) is 11.8 Å². The molecule has 0 fully saturated rings. The minimum Gasteiger partial charge on any atom is -0.485 e. The highest BCUT2D eigenvalue weighted by atomic mass is 16.5. The van der Waals surface area contributed by atoms with Crippen LogP contribution in [0.15, 0.2) is 46.6 Å². The molecule has 0 saturated carbocycles. The maximum absolute atomic E-state index is 6.29. The zero-order chi connectivity index (χ0) is 15.4. The summed E-state index contributed by atoms with van der Waals surface area (Å²) in [7, 11) is 0. The largest absolute Gasteiger partial charge is 0.485 e. The maximum Gasteiger partial charge on any atom is 0.141 e. The number of allylic oxidation sites excluding steroid dienone is 2. The number of furan rings is 1. The molecule has 0 amide bonds. The monoisotopic (exact) mass is 294 g/mol. The minimum atomic E-state index is 0.0839. The summed E-state index contributed by atoms with van der Waals surface area (Å²) in [6.45, 7) is 8.84. The molecule has 1 aromatic carbocycles. The van der Waals surface area contributed by atoms with Crippen LogP contribution < -0.4 is 4.74 Å². The first-order valence-electron chi connectivity index (χ1n) is 8.17. The molecule has 1 aromatic heterocycles. The summed E-state index contributed by atoms with van der Waals surface area (Å²) >= 11 is 0. The highest BCUT2D eigenvalue weighted by Crippen LogP contribution is 2.46. The van der Waals surface area contributed by atoms with E-state index < -0.39 is 0 Å². The summed E-state index contributed by atoms with van der Waals surface area (Å²) < 4.78 is 12.2. The van der Waals surface area contributed by atoms with Crippen LogP contribution in [0.4, 0.5) is 0 Å². The maximum atomic E-state index is 6.29. The van der Waals surface area contributed by atoms with Crippen LogP contribution >= 0.6 is 0 Å². The Labute approximate surface area is 131 Å². The van der Waals surface area contributed by atoms with Crippen molar-refractivity contribution < 1.29 is 9.15 Å². The SMILES string of the molecule is CC(C)C1=CC2Oc3ccc(C(C)C)c4occ(c34)C2C=C1. The average molecular weight is 294 g/mol. The van der Waals surface area contributed by atoms with Crippen molar-refractivity contribution in [3.05, 3.63) is 53.3 Å². The smallest absolute Gasteiger partial charge is 0.141 e. The van der Waals surface area contributed by atoms with Crippen molar-refractivity contribution in [1.82, 2.24) is 0 Å². The van der Waals surface area contributed by atoms with Gasteiger partial charge in [0.05, 0.1) is 11.6 Å². The van der Waals surface area contributed by atoms with Crippen molar-refractivity contribution in [3.8, 4) is 5.75 Å². The Balaban J connectivity index is 1.86. The summed E-state index contributed by atoms with van der Waals surface area (Å²) in [6, 6.07) is 4.25. The number of hydrogen-bond donors (Lipinski definition) is 0. The average Bonchev–Trinajstić information content (AvgIpc) is 2.93. The third kappa shape index (κ3) is 1.86. The van der Waals surface area contributed by atoms with Crippen molar-refractivity contribution in [3.63, 3.8) is 0 Å². The molecular formula is C20H22O2. The van der Waals surface area contributed by atoms with Gasteiger partial charge >= 0.3 is 0 Å². The fraction of sp³-hybridized carbons (Fsp3) is 0.400. The van der Waals surface area contributed by atoms with E-state index in [0.717, 1.165) is 11.3 Å². The lowest BCUT2D eigenvalue weighted by Gasteiger charge is -2.31. The van der Waals surface area contributed by atoms with Crippen molar-refractivity contribution in [2.75, 3.05) is 0 Å². The van der Waals surface area contributed by atoms with E-state index >= 15 is 0 Å². The second-order valence-corrected chi connectivity index (χ2v) is 6.99. The Morgan fingerprint density at radius 1 is 1.05 bits per heavy atom. The lowest BCUT2D eigenvalue weighted by molar-refractivity contribution is 0.225. The second kappa shape index (κ2) is 4.77. The van der Waals surface area contributed by atoms with Gasteiger partial charge < -0.3 is 9.15 Å². The number of hydrogen-bond acceptors (Lipinski definition) is 2. The van der Waals surface area contributed by atoms with Crippen LogP contribution in [-0.2, 0) is 0 Å². The van der Waals surface area contributed by atoms with Gasteiger partial charge in [-0.3, -0.25) is 0 Å². The fourth-order valence-corrected chi connectivity index (χ4v) is 3.55. The Hall–Kier alpha value is -1.96. The Bertz CT molecular complexity index is 789. The third-order valence-corrected chi connectivity index (χ3v) is 4.86. The fourth-order valence-electron chi connectivity index (χ4n) is 3.55. The van der Waals surface area contributed by atoms with Gasteiger partial charge in [-0.2, -0.15) is 0 Å². The summed E-state index contributed by atoms with van der Waals surface area (Å²) in [6.07, 6.45) is 8.80. The Kier molecular flexibility index (Phi) is 2.97.